The van der Waals surface area contributed by atoms with Crippen LogP contribution in [0.4, 0.5) is 10.7 Å². The molecule has 0 saturated heterocycles. The molecule has 0 N–H and O–H groups in total. The third-order valence-corrected chi connectivity index (χ3v) is 13.6. The number of hydrogen-bond donors (Lipinski definition) is 0. The molecule has 3 heterocycles. The van der Waals surface area contributed by atoms with Gasteiger partial charge in [-0.1, -0.05) is 141 Å². The summed E-state index contributed by atoms with van der Waals surface area (Å²) < 4.78 is 0. The van der Waals surface area contributed by atoms with Crippen LogP contribution in [0.15, 0.2) is 102 Å². The van der Waals surface area contributed by atoms with Gasteiger partial charge in [0.1, 0.15) is 0 Å². The Morgan fingerprint density at radius 3 is 2.23 bits per heavy atom. The van der Waals surface area contributed by atoms with Gasteiger partial charge in [0.2, 0.25) is 6.71 Å². The fourth-order valence-corrected chi connectivity index (χ4v) is 10.8. The second kappa shape index (κ2) is 13.6. The maximum absolute atomic E-state index is 4.54. The van der Waals surface area contributed by atoms with E-state index in [1.807, 2.05) is 0 Å². The Morgan fingerprint density at radius 2 is 1.65 bits per heavy atom. The summed E-state index contributed by atoms with van der Waals surface area (Å²) in [7, 11) is 0. The van der Waals surface area contributed by atoms with Gasteiger partial charge in [-0.2, -0.15) is 0 Å². The van der Waals surface area contributed by atoms with Crippen LogP contribution < -0.4 is 15.3 Å². The van der Waals surface area contributed by atoms with Gasteiger partial charge in [0.25, 0.3) is 0 Å². The SMILES string of the molecule is C=C(C)/C=C\C1=CB2C(=CN1c1ccc(C(C)(C)C)c(C(C)(C)C)c1)C(CC(=C)C)N(C1C=CC(CC)=CC1)c1sc3c(c12)C(C)(C)CCC3(C)C. The third-order valence-electron chi connectivity index (χ3n) is 12.0. The van der Waals surface area contributed by atoms with E-state index in [1.54, 1.807) is 15.9 Å². The molecule has 2 aliphatic heterocycles. The maximum Gasteiger partial charge on any atom is 0.240 e. The fraction of sp³-hybridized carbons (Fsp3) is 0.500. The Bertz CT molecular complexity index is 1920. The zero-order valence-corrected chi connectivity index (χ0v) is 35.6. The molecule has 0 spiro atoms. The predicted molar refractivity (Wildman–Crippen MR) is 233 cm³/mol. The topological polar surface area (TPSA) is 6.48 Å². The second-order valence-corrected chi connectivity index (χ2v) is 20.6. The Hall–Kier alpha value is -3.24. The molecular formula is C48H65BN2S. The Morgan fingerprint density at radius 1 is 0.981 bits per heavy atom. The van der Waals surface area contributed by atoms with Crippen LogP contribution in [-0.4, -0.2) is 18.8 Å². The lowest BCUT2D eigenvalue weighted by atomic mass is 9.34. The monoisotopic (exact) mass is 712 g/mol. The molecule has 2 aliphatic carbocycles. The highest BCUT2D eigenvalue weighted by molar-refractivity contribution is 7.19. The van der Waals surface area contributed by atoms with Gasteiger partial charge in [0, 0.05) is 28.5 Å². The molecule has 4 aliphatic rings. The van der Waals surface area contributed by atoms with Gasteiger partial charge in [-0.25, -0.2) is 0 Å². The molecule has 2 unspecified atom stereocenters. The Labute approximate surface area is 321 Å². The average molecular weight is 713 g/mol. The van der Waals surface area contributed by atoms with Crippen molar-refractivity contribution in [2.75, 3.05) is 9.80 Å². The molecule has 0 radical (unpaired) electrons. The van der Waals surface area contributed by atoms with Crippen LogP contribution in [-0.2, 0) is 21.7 Å². The van der Waals surface area contributed by atoms with E-state index in [9.17, 15) is 0 Å². The van der Waals surface area contributed by atoms with Crippen molar-refractivity contribution in [2.24, 2.45) is 0 Å². The number of rotatable bonds is 7. The first-order valence-electron chi connectivity index (χ1n) is 19.8. The van der Waals surface area contributed by atoms with Gasteiger partial charge in [-0.15, -0.1) is 17.9 Å². The molecule has 4 heteroatoms. The van der Waals surface area contributed by atoms with E-state index in [1.165, 1.54) is 57.0 Å². The van der Waals surface area contributed by atoms with Crippen molar-refractivity contribution in [3.8, 4) is 0 Å². The third kappa shape index (κ3) is 7.06. The van der Waals surface area contributed by atoms with Crippen molar-refractivity contribution < 1.29 is 0 Å². The van der Waals surface area contributed by atoms with Gasteiger partial charge in [0.05, 0.1) is 11.0 Å². The summed E-state index contributed by atoms with van der Waals surface area (Å²) >= 11 is 2.11. The summed E-state index contributed by atoms with van der Waals surface area (Å²) in [6, 6.07) is 7.72. The number of benzene rings is 1. The van der Waals surface area contributed by atoms with Crippen LogP contribution in [0, 0.1) is 0 Å². The average Bonchev–Trinajstić information content (AvgIpc) is 3.48. The molecule has 2 nitrogen and oxygen atoms in total. The molecule has 2 atom stereocenters. The van der Waals surface area contributed by atoms with E-state index < -0.39 is 0 Å². The van der Waals surface area contributed by atoms with Crippen LogP contribution in [0.3, 0.4) is 0 Å². The highest BCUT2D eigenvalue weighted by Gasteiger charge is 2.50. The van der Waals surface area contributed by atoms with E-state index in [0.29, 0.717) is 6.04 Å². The molecule has 6 rings (SSSR count). The number of allylic oxidation sites excluding steroid dienone is 5. The van der Waals surface area contributed by atoms with Gasteiger partial charge >= 0.3 is 0 Å². The Balaban J connectivity index is 1.66. The molecule has 0 bridgehead atoms. The molecule has 1 aromatic carbocycles. The van der Waals surface area contributed by atoms with E-state index in [-0.39, 0.29) is 34.4 Å². The van der Waals surface area contributed by atoms with Crippen LogP contribution >= 0.6 is 11.3 Å². The van der Waals surface area contributed by atoms with Crippen molar-refractivity contribution in [1.29, 1.82) is 0 Å². The first-order chi connectivity index (χ1) is 24.1. The van der Waals surface area contributed by atoms with Crippen molar-refractivity contribution in [3.05, 3.63) is 123 Å². The number of thiophene rings is 1. The lowest BCUT2D eigenvalue weighted by Crippen LogP contribution is -2.58. The molecule has 1 aromatic heterocycles. The summed E-state index contributed by atoms with van der Waals surface area (Å²) in [5.74, 6) is 2.60. The molecule has 276 valence electrons. The minimum atomic E-state index is 0.00679. The lowest BCUT2D eigenvalue weighted by Gasteiger charge is -2.48. The standard InChI is InChI=1S/C48H65BN2S/c1-16-33-18-21-34(22-19-33)51-40(27-32(4)5)39-30-50(35-23-24-37(45(6,7)8)38(28-35)46(9,10)11)36(20-17-31(2)3)29-49(39)42-41-43(52-44(42)51)48(14,15)26-25-47(41,12)13/h17-21,23-24,28-30,34,40H,2,4,16,22,25-27H2,1,3,5-15H3/b20-17-. The van der Waals surface area contributed by atoms with Gasteiger partial charge in [-0.3, -0.25) is 0 Å². The highest BCUT2D eigenvalue weighted by atomic mass is 32.1. The van der Waals surface area contributed by atoms with Crippen LogP contribution in [0.2, 0.25) is 0 Å². The first-order valence-corrected chi connectivity index (χ1v) is 20.6. The molecule has 0 fully saturated rings. The molecule has 52 heavy (non-hydrogen) atoms. The van der Waals surface area contributed by atoms with E-state index in [4.69, 9.17) is 0 Å². The summed E-state index contributed by atoms with van der Waals surface area (Å²) in [5, 5.41) is 1.49. The maximum atomic E-state index is 4.54. The van der Waals surface area contributed by atoms with Crippen LogP contribution in [0.25, 0.3) is 0 Å². The highest BCUT2D eigenvalue weighted by Crippen LogP contribution is 2.54. The van der Waals surface area contributed by atoms with Gasteiger partial charge in [0.15, 0.2) is 0 Å². The second-order valence-electron chi connectivity index (χ2n) is 19.6. The number of anilines is 2. The zero-order chi connectivity index (χ0) is 38.1. The van der Waals surface area contributed by atoms with Crippen LogP contribution in [0.5, 0.6) is 0 Å². The first kappa shape index (κ1) is 38.5. The van der Waals surface area contributed by atoms with Gasteiger partial charge in [-0.05, 0) is 108 Å². The summed E-state index contributed by atoms with van der Waals surface area (Å²) in [4.78, 5) is 6.92. The van der Waals surface area contributed by atoms with E-state index in [2.05, 4.69) is 185 Å². The quantitative estimate of drug-likeness (QED) is 0.160. The molecule has 0 saturated carbocycles. The van der Waals surface area contributed by atoms with Crippen molar-refractivity contribution in [2.45, 2.75) is 156 Å². The van der Waals surface area contributed by atoms with E-state index in [0.717, 1.165) is 24.8 Å². The normalized spacial score (nSPS) is 22.4. The van der Waals surface area contributed by atoms with E-state index >= 15 is 0 Å². The molecular weight excluding hydrogens is 647 g/mol. The number of hydrogen-bond acceptors (Lipinski definition) is 3. The minimum absolute atomic E-state index is 0.00679. The minimum Gasteiger partial charge on any atom is -0.351 e. The Kier molecular flexibility index (Phi) is 10.0. The number of nitrogens with zero attached hydrogens (tertiary/aromatic N) is 2. The van der Waals surface area contributed by atoms with Crippen molar-refractivity contribution in [1.82, 2.24) is 0 Å². The fourth-order valence-electron chi connectivity index (χ4n) is 9.01. The molecule has 2 aromatic rings. The smallest absolute Gasteiger partial charge is 0.240 e. The summed E-state index contributed by atoms with van der Waals surface area (Å²) in [6.45, 7) is 39.6. The van der Waals surface area contributed by atoms with Crippen LogP contribution in [0.1, 0.15) is 144 Å². The number of fused-ring (bicyclic) bond motifs is 5. The largest absolute Gasteiger partial charge is 0.351 e. The van der Waals surface area contributed by atoms with Crippen molar-refractivity contribution >= 4 is 34.2 Å². The molecule has 0 amide bonds. The summed E-state index contributed by atoms with van der Waals surface area (Å²) in [6.07, 6.45) is 19.9. The van der Waals surface area contributed by atoms with Gasteiger partial charge < -0.3 is 9.80 Å². The summed E-state index contributed by atoms with van der Waals surface area (Å²) in [5.41, 5.74) is 14.0. The van der Waals surface area contributed by atoms with Crippen molar-refractivity contribution in [3.63, 3.8) is 0 Å². The lowest BCUT2D eigenvalue weighted by molar-refractivity contribution is 0.340. The predicted octanol–water partition coefficient (Wildman–Crippen LogP) is 12.7. The zero-order valence-electron chi connectivity index (χ0n) is 34.8.